The molecule has 100 valence electrons. The summed E-state index contributed by atoms with van der Waals surface area (Å²) in [6.45, 7) is 0.497. The number of hydrogen-bond acceptors (Lipinski definition) is 3. The van der Waals surface area contributed by atoms with Gasteiger partial charge in [0.15, 0.2) is 0 Å². The van der Waals surface area contributed by atoms with E-state index in [1.54, 1.807) is 0 Å². The Balaban J connectivity index is 0.000000280. The van der Waals surface area contributed by atoms with Crippen molar-refractivity contribution in [3.05, 3.63) is 35.4 Å². The molecule has 0 saturated heterocycles. The number of aliphatic hydroxyl groups is 1. The minimum absolute atomic E-state index is 0.451. The van der Waals surface area contributed by atoms with Crippen LogP contribution in [0.1, 0.15) is 17.2 Å². The van der Waals surface area contributed by atoms with Crippen molar-refractivity contribution in [1.82, 2.24) is 5.43 Å². The first-order valence-electron chi connectivity index (χ1n) is 5.05. The van der Waals surface area contributed by atoms with Crippen LogP contribution in [-0.2, 0) is 0 Å². The zero-order valence-electron chi connectivity index (χ0n) is 9.21. The summed E-state index contributed by atoms with van der Waals surface area (Å²) in [4.78, 5) is 3.01. The van der Waals surface area contributed by atoms with Gasteiger partial charge in [0.25, 0.3) is 5.84 Å². The van der Waals surface area contributed by atoms with Crippen molar-refractivity contribution in [1.29, 1.82) is 0 Å². The van der Waals surface area contributed by atoms with E-state index in [1.807, 2.05) is 24.3 Å². The van der Waals surface area contributed by atoms with E-state index in [-0.39, 0.29) is 0 Å². The number of halogens is 4. The third kappa shape index (κ3) is 4.34. The maximum atomic E-state index is 9.75. The average molecular weight is 265 g/mol. The fourth-order valence-electron chi connectivity index (χ4n) is 1.55. The summed E-state index contributed by atoms with van der Waals surface area (Å²) < 4.78 is 39.0. The highest BCUT2D eigenvalue weighted by molar-refractivity contribution is 6.50. The Bertz CT molecular complexity index is 432. The second-order valence-electron chi connectivity index (χ2n) is 3.50. The molecule has 0 amide bonds. The summed E-state index contributed by atoms with van der Waals surface area (Å²) in [5.41, 5.74) is 4.42. The van der Waals surface area contributed by atoms with Gasteiger partial charge in [0.1, 0.15) is 12.6 Å². The van der Waals surface area contributed by atoms with E-state index in [9.17, 15) is 22.4 Å². The lowest BCUT2D eigenvalue weighted by atomic mass is 9.99. The van der Waals surface area contributed by atoms with E-state index in [1.165, 1.54) is 0 Å². The molecule has 0 aromatic heterocycles. The number of aliphatic hydroxyl groups excluding tert-OH is 1. The lowest BCUT2D eigenvalue weighted by Crippen LogP contribution is -2.80. The van der Waals surface area contributed by atoms with Crippen molar-refractivity contribution in [2.75, 3.05) is 6.54 Å². The highest BCUT2D eigenvalue weighted by atomic mass is 19.5. The number of hydrogen-bond donors (Lipinski definition) is 4. The molecule has 2 rings (SSSR count). The van der Waals surface area contributed by atoms with Gasteiger partial charge in [0, 0.05) is 0 Å². The average Bonchev–Trinajstić information content (AvgIpc) is 2.28. The molecule has 18 heavy (non-hydrogen) atoms. The van der Waals surface area contributed by atoms with Gasteiger partial charge in [0.2, 0.25) is 0 Å². The third-order valence-corrected chi connectivity index (χ3v) is 2.21. The highest BCUT2D eigenvalue weighted by Crippen LogP contribution is 2.17. The summed E-state index contributed by atoms with van der Waals surface area (Å²) in [6.07, 6.45) is -0.451. The van der Waals surface area contributed by atoms with E-state index >= 15 is 0 Å². The van der Waals surface area contributed by atoms with Gasteiger partial charge in [-0.05, 0) is 11.6 Å². The van der Waals surface area contributed by atoms with Gasteiger partial charge in [-0.15, -0.1) is 0 Å². The van der Waals surface area contributed by atoms with Gasteiger partial charge in [-0.3, -0.25) is 4.99 Å². The second kappa shape index (κ2) is 5.83. The van der Waals surface area contributed by atoms with Crippen molar-refractivity contribution in [2.45, 2.75) is 6.10 Å². The summed E-state index contributed by atoms with van der Waals surface area (Å²) in [6, 6.07) is 7.63. The predicted molar refractivity (Wildman–Crippen MR) is 58.8 cm³/mol. The molecule has 1 aromatic carbocycles. The molecule has 0 saturated carbocycles. The summed E-state index contributed by atoms with van der Waals surface area (Å²) >= 11 is 0. The van der Waals surface area contributed by atoms with E-state index < -0.39 is 13.4 Å². The molecule has 1 aromatic rings. The van der Waals surface area contributed by atoms with Crippen LogP contribution in [0.25, 0.3) is 0 Å². The number of β-amino-alcohol motifs (C(OH)–C–C–N with tert-alkyl or cyclic N) is 1. The van der Waals surface area contributed by atoms with Crippen LogP contribution >= 0.6 is 0 Å². The van der Waals surface area contributed by atoms with Crippen molar-refractivity contribution >= 4 is 13.1 Å². The van der Waals surface area contributed by atoms with Crippen LogP contribution in [0, 0.1) is 0 Å². The molecule has 0 spiro atoms. The molecular formula is C9H12BF4N3O. The Hall–Kier alpha value is -1.61. The molecule has 0 aliphatic carbocycles. The fraction of sp³-hybridized carbons (Fsp3) is 0.222. The van der Waals surface area contributed by atoms with Crippen LogP contribution in [-0.4, -0.2) is 24.7 Å². The van der Waals surface area contributed by atoms with Gasteiger partial charge >= 0.3 is 7.25 Å². The molecule has 0 fully saturated rings. The maximum Gasteiger partial charge on any atom is 0.673 e. The summed E-state index contributed by atoms with van der Waals surface area (Å²) in [5, 5.41) is 9.63. The Morgan fingerprint density at radius 2 is 1.83 bits per heavy atom. The number of amidine groups is 1. The normalized spacial score (nSPS) is 18.1. The van der Waals surface area contributed by atoms with E-state index in [4.69, 9.17) is 5.84 Å². The Morgan fingerprint density at radius 1 is 1.28 bits per heavy atom. The fourth-order valence-corrected chi connectivity index (χ4v) is 1.55. The molecule has 1 aliphatic heterocycles. The van der Waals surface area contributed by atoms with Crippen LogP contribution in [0.15, 0.2) is 24.3 Å². The van der Waals surface area contributed by atoms with Crippen molar-refractivity contribution in [3.63, 3.8) is 0 Å². The molecule has 4 nitrogen and oxygen atoms in total. The Kier molecular flexibility index (Phi) is 4.68. The van der Waals surface area contributed by atoms with Gasteiger partial charge in [-0.25, -0.2) is 0 Å². The highest BCUT2D eigenvalue weighted by Gasteiger charge is 2.23. The zero-order chi connectivity index (χ0) is 13.8. The van der Waals surface area contributed by atoms with Gasteiger partial charge in [0.05, 0.1) is 5.56 Å². The smallest absolute Gasteiger partial charge is 0.418 e. The standard InChI is InChI=1S/C9H11N3O.BF4/c10-12-9-7-4-2-1-3-6(7)8(13)5-11-9;2-1(3,4)5/h1-4,8,13H,5,10H2,(H,11,12);/q;-1/p+1. The van der Waals surface area contributed by atoms with Gasteiger partial charge in [-0.2, -0.15) is 11.3 Å². The minimum Gasteiger partial charge on any atom is -0.418 e. The predicted octanol–water partition coefficient (Wildman–Crippen LogP) is -0.676. The monoisotopic (exact) mass is 265 g/mol. The Labute approximate surface area is 101 Å². The van der Waals surface area contributed by atoms with E-state index in [0.29, 0.717) is 6.54 Å². The molecule has 0 bridgehead atoms. The number of nitrogens with two attached hydrogens (primary N) is 1. The lowest BCUT2D eigenvalue weighted by Gasteiger charge is -2.16. The van der Waals surface area contributed by atoms with Crippen LogP contribution in [0.4, 0.5) is 17.3 Å². The van der Waals surface area contributed by atoms with Crippen molar-refractivity contribution < 1.29 is 27.4 Å². The van der Waals surface area contributed by atoms with Gasteiger partial charge in [-0.1, -0.05) is 18.2 Å². The molecular weight excluding hydrogens is 253 g/mol. The molecule has 1 heterocycles. The summed E-state index contributed by atoms with van der Waals surface area (Å²) in [5.74, 6) is 6.10. The second-order valence-corrected chi connectivity index (χ2v) is 3.50. The van der Waals surface area contributed by atoms with Crippen LogP contribution < -0.4 is 16.3 Å². The quantitative estimate of drug-likeness (QED) is 0.217. The van der Waals surface area contributed by atoms with E-state index in [0.717, 1.165) is 17.0 Å². The number of fused-ring (bicyclic) bond motifs is 1. The van der Waals surface area contributed by atoms with Gasteiger partial charge < -0.3 is 22.4 Å². The molecule has 5 N–H and O–H groups in total. The number of nitrogens with one attached hydrogen (secondary N) is 2. The first-order chi connectivity index (χ1) is 8.33. The van der Waals surface area contributed by atoms with Crippen LogP contribution in [0.3, 0.4) is 0 Å². The number of benzene rings is 1. The first-order valence-corrected chi connectivity index (χ1v) is 5.05. The maximum absolute atomic E-state index is 9.75. The molecule has 1 unspecified atom stereocenters. The van der Waals surface area contributed by atoms with Crippen LogP contribution in [0.5, 0.6) is 0 Å². The lowest BCUT2D eigenvalue weighted by molar-refractivity contribution is -0.474. The SMILES string of the molecule is F[B-](F)(F)F.NNC1=[NH+]CC(O)c2ccccc21. The Morgan fingerprint density at radius 3 is 2.39 bits per heavy atom. The molecule has 0 radical (unpaired) electrons. The largest absolute Gasteiger partial charge is 0.673 e. The van der Waals surface area contributed by atoms with Crippen LogP contribution in [0.2, 0.25) is 0 Å². The minimum atomic E-state index is -6.00. The topological polar surface area (TPSA) is 72.2 Å². The van der Waals surface area contributed by atoms with Crippen molar-refractivity contribution in [3.8, 4) is 0 Å². The van der Waals surface area contributed by atoms with E-state index in [2.05, 4.69) is 10.4 Å². The molecule has 1 atom stereocenters. The van der Waals surface area contributed by atoms with Crippen molar-refractivity contribution in [2.24, 2.45) is 5.84 Å². The first kappa shape index (κ1) is 14.5. The number of hydrazine groups is 1. The molecule has 9 heteroatoms. The molecule has 1 aliphatic rings. The summed E-state index contributed by atoms with van der Waals surface area (Å²) in [7, 11) is -6.00. The number of rotatable bonds is 0. The zero-order valence-corrected chi connectivity index (χ0v) is 9.21. The third-order valence-electron chi connectivity index (χ3n) is 2.21.